The fourth-order valence-electron chi connectivity index (χ4n) is 0.890. The lowest BCUT2D eigenvalue weighted by atomic mass is 10.7. The molecule has 0 aliphatic carbocycles. The Bertz CT molecular complexity index is 536. The van der Waals surface area contributed by atoms with E-state index >= 15 is 0 Å². The summed E-state index contributed by atoms with van der Waals surface area (Å²) in [6.45, 7) is 0. The van der Waals surface area contributed by atoms with Crippen molar-refractivity contribution in [3.63, 3.8) is 0 Å². The monoisotopic (exact) mass is 227 g/mol. The van der Waals surface area contributed by atoms with Crippen LogP contribution in [0.1, 0.15) is 0 Å². The number of halogens is 1. The van der Waals surface area contributed by atoms with Crippen molar-refractivity contribution in [3.8, 4) is 0 Å². The smallest absolute Gasteiger partial charge is 0.273 e. The molecule has 8 heteroatoms. The normalized spacial score (nSPS) is 10.5. The number of H-pyrrole nitrogens is 1. The van der Waals surface area contributed by atoms with E-state index in [9.17, 15) is 9.18 Å². The van der Waals surface area contributed by atoms with Gasteiger partial charge in [0.1, 0.15) is 11.4 Å². The van der Waals surface area contributed by atoms with E-state index in [0.29, 0.717) is 10.2 Å². The van der Waals surface area contributed by atoms with Gasteiger partial charge in [-0.2, -0.15) is 4.39 Å². The van der Waals surface area contributed by atoms with Crippen molar-refractivity contribution >= 4 is 11.8 Å². The highest BCUT2D eigenvalue weighted by molar-refractivity contribution is 7.99. The Labute approximate surface area is 87.6 Å². The fraction of sp³-hybridized carbons (Fsp3) is 0.143. The number of nitrogens with one attached hydrogen (secondary N) is 1. The number of rotatable bonds is 2. The summed E-state index contributed by atoms with van der Waals surface area (Å²) in [4.78, 5) is 18.2. The largest absolute Gasteiger partial charge is 0.343 e. The van der Waals surface area contributed by atoms with Crippen LogP contribution in [0, 0.1) is 5.95 Å². The first-order valence-electron chi connectivity index (χ1n) is 3.93. The van der Waals surface area contributed by atoms with Gasteiger partial charge in [0.25, 0.3) is 0 Å². The molecule has 0 aliphatic rings. The second-order valence-corrected chi connectivity index (χ2v) is 3.64. The van der Waals surface area contributed by atoms with E-state index in [1.807, 2.05) is 0 Å². The number of hydrogen-bond acceptors (Lipinski definition) is 5. The molecule has 0 amide bonds. The van der Waals surface area contributed by atoms with E-state index in [-0.39, 0.29) is 5.69 Å². The zero-order valence-electron chi connectivity index (χ0n) is 7.64. The summed E-state index contributed by atoms with van der Waals surface area (Å²) >= 11 is 1.08. The Morgan fingerprint density at radius 3 is 2.93 bits per heavy atom. The second-order valence-electron chi connectivity index (χ2n) is 2.65. The molecule has 0 atom stereocenters. The summed E-state index contributed by atoms with van der Waals surface area (Å²) in [5.74, 6) is -0.618. The molecule has 15 heavy (non-hydrogen) atoms. The third-order valence-corrected chi connectivity index (χ3v) is 2.62. The molecular formula is C7H6FN5OS. The molecule has 0 saturated carbocycles. The van der Waals surface area contributed by atoms with Crippen LogP contribution in [-0.2, 0) is 7.05 Å². The van der Waals surface area contributed by atoms with Crippen LogP contribution in [0.2, 0.25) is 0 Å². The summed E-state index contributed by atoms with van der Waals surface area (Å²) in [7, 11) is 1.56. The van der Waals surface area contributed by atoms with Gasteiger partial charge in [-0.1, -0.05) is 0 Å². The van der Waals surface area contributed by atoms with Crippen molar-refractivity contribution in [1.82, 2.24) is 24.7 Å². The highest BCUT2D eigenvalue weighted by Gasteiger charge is 2.07. The van der Waals surface area contributed by atoms with Crippen molar-refractivity contribution in [3.05, 3.63) is 28.8 Å². The summed E-state index contributed by atoms with van der Waals surface area (Å²) in [5.41, 5.74) is -0.327. The Hall–Kier alpha value is -1.70. The van der Waals surface area contributed by atoms with Gasteiger partial charge in [-0.05, 0) is 11.8 Å². The van der Waals surface area contributed by atoms with E-state index < -0.39 is 5.95 Å². The zero-order chi connectivity index (χ0) is 10.8. The maximum absolute atomic E-state index is 12.7. The minimum atomic E-state index is -0.618. The van der Waals surface area contributed by atoms with Crippen molar-refractivity contribution in [2.24, 2.45) is 7.05 Å². The lowest BCUT2D eigenvalue weighted by molar-refractivity contribution is 0.572. The van der Waals surface area contributed by atoms with Crippen LogP contribution in [0.5, 0.6) is 0 Å². The number of aromatic amines is 1. The lowest BCUT2D eigenvalue weighted by Crippen LogP contribution is -2.12. The zero-order valence-corrected chi connectivity index (χ0v) is 8.45. The van der Waals surface area contributed by atoms with Gasteiger partial charge >= 0.3 is 5.69 Å². The molecule has 0 spiro atoms. The van der Waals surface area contributed by atoms with E-state index in [4.69, 9.17) is 0 Å². The van der Waals surface area contributed by atoms with E-state index in [0.717, 1.165) is 18.1 Å². The van der Waals surface area contributed by atoms with Gasteiger partial charge in [0, 0.05) is 13.1 Å². The van der Waals surface area contributed by atoms with Gasteiger partial charge in [0.15, 0.2) is 5.16 Å². The molecule has 2 aromatic heterocycles. The Balaban J connectivity index is 2.29. The van der Waals surface area contributed by atoms with Gasteiger partial charge < -0.3 is 0 Å². The van der Waals surface area contributed by atoms with Gasteiger partial charge in [-0.25, -0.2) is 19.9 Å². The van der Waals surface area contributed by atoms with Gasteiger partial charge in [0.05, 0.1) is 0 Å². The number of hydrogen-bond donors (Lipinski definition) is 1. The molecule has 2 rings (SSSR count). The van der Waals surface area contributed by atoms with Crippen LogP contribution in [-0.4, -0.2) is 24.7 Å². The summed E-state index contributed by atoms with van der Waals surface area (Å²) < 4.78 is 14.0. The molecule has 2 aromatic rings. The Morgan fingerprint density at radius 2 is 2.33 bits per heavy atom. The van der Waals surface area contributed by atoms with E-state index in [1.54, 1.807) is 7.05 Å². The SMILES string of the molecule is Cn1c(Sc2cc(F)ncn2)n[nH]c1=O. The topological polar surface area (TPSA) is 76.5 Å². The van der Waals surface area contributed by atoms with Crippen LogP contribution in [0.25, 0.3) is 0 Å². The lowest BCUT2D eigenvalue weighted by Gasteiger charge is -1.97. The second kappa shape index (κ2) is 3.81. The molecule has 0 aromatic carbocycles. The minimum Gasteiger partial charge on any atom is -0.273 e. The molecule has 0 fully saturated rings. The van der Waals surface area contributed by atoms with E-state index in [1.165, 1.54) is 10.6 Å². The molecule has 0 aliphatic heterocycles. The highest BCUT2D eigenvalue weighted by atomic mass is 32.2. The highest BCUT2D eigenvalue weighted by Crippen LogP contribution is 2.21. The number of nitrogens with zero attached hydrogens (tertiary/aromatic N) is 4. The number of aromatic nitrogens is 5. The molecule has 0 saturated heterocycles. The van der Waals surface area contributed by atoms with Crippen LogP contribution in [0.4, 0.5) is 4.39 Å². The molecule has 6 nitrogen and oxygen atoms in total. The molecule has 0 bridgehead atoms. The average molecular weight is 227 g/mol. The van der Waals surface area contributed by atoms with Crippen molar-refractivity contribution in [2.45, 2.75) is 10.2 Å². The maximum Gasteiger partial charge on any atom is 0.343 e. The van der Waals surface area contributed by atoms with Gasteiger partial charge in [-0.15, -0.1) is 5.10 Å². The van der Waals surface area contributed by atoms with E-state index in [2.05, 4.69) is 20.2 Å². The predicted molar refractivity (Wildman–Crippen MR) is 49.9 cm³/mol. The van der Waals surface area contributed by atoms with Crippen LogP contribution in [0.15, 0.2) is 27.4 Å². The average Bonchev–Trinajstić information content (AvgIpc) is 2.50. The molecule has 0 radical (unpaired) electrons. The van der Waals surface area contributed by atoms with Crippen molar-refractivity contribution < 1.29 is 4.39 Å². The summed E-state index contributed by atoms with van der Waals surface area (Å²) in [6.07, 6.45) is 1.11. The fourth-order valence-corrected chi connectivity index (χ4v) is 1.64. The van der Waals surface area contributed by atoms with Gasteiger partial charge in [0.2, 0.25) is 5.95 Å². The Morgan fingerprint density at radius 1 is 1.53 bits per heavy atom. The first-order valence-corrected chi connectivity index (χ1v) is 4.75. The molecule has 1 N–H and O–H groups in total. The predicted octanol–water partition coefficient (Wildman–Crippen LogP) is 0.189. The third-order valence-electron chi connectivity index (χ3n) is 1.64. The third kappa shape index (κ3) is 2.04. The molecule has 0 unspecified atom stereocenters. The molecule has 78 valence electrons. The maximum atomic E-state index is 12.7. The van der Waals surface area contributed by atoms with Crippen molar-refractivity contribution in [1.29, 1.82) is 0 Å². The Kier molecular flexibility index (Phi) is 2.50. The minimum absolute atomic E-state index is 0.327. The van der Waals surface area contributed by atoms with Crippen LogP contribution < -0.4 is 5.69 Å². The quantitative estimate of drug-likeness (QED) is 0.741. The molecular weight excluding hydrogens is 221 g/mol. The van der Waals surface area contributed by atoms with Crippen LogP contribution in [0.3, 0.4) is 0 Å². The van der Waals surface area contributed by atoms with Crippen molar-refractivity contribution in [2.75, 3.05) is 0 Å². The summed E-state index contributed by atoms with van der Waals surface area (Å²) in [5, 5.41) is 6.83. The van der Waals surface area contributed by atoms with Crippen LogP contribution >= 0.6 is 11.8 Å². The summed E-state index contributed by atoms with van der Waals surface area (Å²) in [6, 6.07) is 1.17. The molecule has 2 heterocycles. The first kappa shape index (κ1) is 9.84. The standard InChI is InChI=1S/C7H6FN5OS/c1-13-6(14)11-12-7(13)15-5-2-4(8)9-3-10-5/h2-3H,1H3,(H,11,14). The first-order chi connectivity index (χ1) is 7.16. The van der Waals surface area contributed by atoms with Gasteiger partial charge in [-0.3, -0.25) is 4.57 Å².